The Morgan fingerprint density at radius 3 is 2.20 bits per heavy atom. The maximum Gasteiger partial charge on any atom is 0.326 e. The minimum atomic E-state index is -1.10. The average molecular weight is 324 g/mol. The van der Waals surface area contributed by atoms with Crippen molar-refractivity contribution in [3.8, 4) is 0 Å². The van der Waals surface area contributed by atoms with Crippen molar-refractivity contribution < 1.29 is 14.7 Å². The molecule has 0 spiro atoms. The SMILES string of the molecule is Cl.Cl.NC[C@@H](N)C(=O)N[C@H](Cc1ccccc1)C(=O)O. The molecule has 0 fully saturated rings. The number of carbonyl (C=O) groups excluding carboxylic acids is 1. The normalized spacial score (nSPS) is 12.3. The lowest BCUT2D eigenvalue weighted by Gasteiger charge is -2.17. The van der Waals surface area contributed by atoms with E-state index in [1.807, 2.05) is 18.2 Å². The van der Waals surface area contributed by atoms with Crippen molar-refractivity contribution in [2.24, 2.45) is 11.5 Å². The Morgan fingerprint density at radius 2 is 1.75 bits per heavy atom. The van der Waals surface area contributed by atoms with Gasteiger partial charge in [0.25, 0.3) is 0 Å². The zero-order valence-electron chi connectivity index (χ0n) is 10.7. The van der Waals surface area contributed by atoms with Crippen LogP contribution in [0.5, 0.6) is 0 Å². The van der Waals surface area contributed by atoms with Gasteiger partial charge >= 0.3 is 5.97 Å². The van der Waals surface area contributed by atoms with E-state index in [-0.39, 0.29) is 37.8 Å². The molecular formula is C12H19Cl2N3O3. The van der Waals surface area contributed by atoms with E-state index in [0.29, 0.717) is 0 Å². The fourth-order valence-electron chi connectivity index (χ4n) is 1.44. The van der Waals surface area contributed by atoms with Crippen molar-refractivity contribution in [1.82, 2.24) is 5.32 Å². The molecule has 0 saturated carbocycles. The second-order valence-corrected chi connectivity index (χ2v) is 3.93. The van der Waals surface area contributed by atoms with E-state index in [2.05, 4.69) is 5.32 Å². The molecule has 1 rings (SSSR count). The fraction of sp³-hybridized carbons (Fsp3) is 0.333. The van der Waals surface area contributed by atoms with Crippen LogP contribution in [0, 0.1) is 0 Å². The minimum Gasteiger partial charge on any atom is -0.480 e. The van der Waals surface area contributed by atoms with Crippen LogP contribution >= 0.6 is 24.8 Å². The zero-order chi connectivity index (χ0) is 13.5. The molecule has 8 heteroatoms. The maximum absolute atomic E-state index is 11.5. The molecule has 0 aliphatic carbocycles. The highest BCUT2D eigenvalue weighted by atomic mass is 35.5. The molecule has 0 radical (unpaired) electrons. The van der Waals surface area contributed by atoms with Gasteiger partial charge in [-0.05, 0) is 5.56 Å². The molecule has 114 valence electrons. The van der Waals surface area contributed by atoms with Crippen LogP contribution in [0.15, 0.2) is 30.3 Å². The molecule has 0 aromatic heterocycles. The summed E-state index contributed by atoms with van der Waals surface area (Å²) in [6.45, 7) is -0.0243. The van der Waals surface area contributed by atoms with E-state index in [4.69, 9.17) is 16.6 Å². The number of carboxylic acid groups (broad SMARTS) is 1. The van der Waals surface area contributed by atoms with E-state index in [9.17, 15) is 9.59 Å². The van der Waals surface area contributed by atoms with Gasteiger partial charge in [-0.1, -0.05) is 30.3 Å². The monoisotopic (exact) mass is 323 g/mol. The van der Waals surface area contributed by atoms with Gasteiger partial charge in [0.15, 0.2) is 0 Å². The summed E-state index contributed by atoms with van der Waals surface area (Å²) in [5.74, 6) is -1.66. The van der Waals surface area contributed by atoms with Gasteiger partial charge in [0, 0.05) is 13.0 Å². The quantitative estimate of drug-likeness (QED) is 0.584. The first kappa shape index (κ1) is 21.0. The smallest absolute Gasteiger partial charge is 0.326 e. The highest BCUT2D eigenvalue weighted by Gasteiger charge is 2.22. The van der Waals surface area contributed by atoms with Crippen LogP contribution in [0.25, 0.3) is 0 Å². The van der Waals surface area contributed by atoms with Crippen molar-refractivity contribution in [1.29, 1.82) is 0 Å². The number of amides is 1. The summed E-state index contributed by atoms with van der Waals surface area (Å²) in [7, 11) is 0. The molecule has 0 heterocycles. The summed E-state index contributed by atoms with van der Waals surface area (Å²) < 4.78 is 0. The van der Waals surface area contributed by atoms with Crippen LogP contribution in [0.3, 0.4) is 0 Å². The molecule has 0 unspecified atom stereocenters. The van der Waals surface area contributed by atoms with Gasteiger partial charge in [0.1, 0.15) is 6.04 Å². The first-order valence-corrected chi connectivity index (χ1v) is 5.57. The Kier molecular flexibility index (Phi) is 11.0. The molecule has 0 bridgehead atoms. The van der Waals surface area contributed by atoms with Gasteiger partial charge in [-0.2, -0.15) is 0 Å². The number of hydrogen-bond acceptors (Lipinski definition) is 4. The lowest BCUT2D eigenvalue weighted by Crippen LogP contribution is -2.51. The second-order valence-electron chi connectivity index (χ2n) is 3.93. The van der Waals surface area contributed by atoms with Crippen molar-refractivity contribution >= 4 is 36.7 Å². The third kappa shape index (κ3) is 6.72. The van der Waals surface area contributed by atoms with Crippen LogP contribution in [-0.4, -0.2) is 35.6 Å². The number of nitrogens with one attached hydrogen (secondary N) is 1. The Morgan fingerprint density at radius 1 is 1.20 bits per heavy atom. The summed E-state index contributed by atoms with van der Waals surface area (Å²) >= 11 is 0. The molecule has 6 nitrogen and oxygen atoms in total. The average Bonchev–Trinajstić information content (AvgIpc) is 2.37. The van der Waals surface area contributed by atoms with Crippen LogP contribution < -0.4 is 16.8 Å². The van der Waals surface area contributed by atoms with Crippen molar-refractivity contribution in [2.45, 2.75) is 18.5 Å². The van der Waals surface area contributed by atoms with Gasteiger partial charge in [0.2, 0.25) is 5.91 Å². The molecule has 0 aliphatic rings. The molecule has 1 aromatic carbocycles. The van der Waals surface area contributed by atoms with E-state index in [0.717, 1.165) is 5.56 Å². The summed E-state index contributed by atoms with van der Waals surface area (Å²) in [4.78, 5) is 22.6. The first-order chi connectivity index (χ1) is 8.54. The summed E-state index contributed by atoms with van der Waals surface area (Å²) in [5, 5.41) is 11.4. The first-order valence-electron chi connectivity index (χ1n) is 5.57. The Labute approximate surface area is 129 Å². The standard InChI is InChI=1S/C12H17N3O3.2ClH/c13-7-9(14)11(16)15-10(12(17)18)6-8-4-2-1-3-5-8;;/h1-5,9-10H,6-7,13-14H2,(H,15,16)(H,17,18);2*1H/t9-,10-;;/m1../s1. The maximum atomic E-state index is 11.5. The van der Waals surface area contributed by atoms with Crippen LogP contribution in [-0.2, 0) is 16.0 Å². The summed E-state index contributed by atoms with van der Waals surface area (Å²) in [6, 6.07) is 7.15. The number of rotatable bonds is 6. The number of halogens is 2. The molecule has 20 heavy (non-hydrogen) atoms. The van der Waals surface area contributed by atoms with Crippen molar-refractivity contribution in [3.63, 3.8) is 0 Å². The summed E-state index contributed by atoms with van der Waals surface area (Å²) in [5.41, 5.74) is 11.5. The van der Waals surface area contributed by atoms with Gasteiger partial charge < -0.3 is 21.9 Å². The lowest BCUT2D eigenvalue weighted by molar-refractivity contribution is -0.141. The van der Waals surface area contributed by atoms with Gasteiger partial charge in [-0.3, -0.25) is 4.79 Å². The number of carbonyl (C=O) groups is 2. The predicted molar refractivity (Wildman–Crippen MR) is 81.2 cm³/mol. The molecule has 0 saturated heterocycles. The number of carboxylic acids is 1. The van der Waals surface area contributed by atoms with Gasteiger partial charge in [-0.25, -0.2) is 4.79 Å². The van der Waals surface area contributed by atoms with Crippen molar-refractivity contribution in [2.75, 3.05) is 6.54 Å². The van der Waals surface area contributed by atoms with Gasteiger partial charge in [-0.15, -0.1) is 24.8 Å². The van der Waals surface area contributed by atoms with Crippen LogP contribution in [0.4, 0.5) is 0 Å². The van der Waals surface area contributed by atoms with Crippen LogP contribution in [0.1, 0.15) is 5.56 Å². The van der Waals surface area contributed by atoms with E-state index in [1.165, 1.54) is 0 Å². The number of benzene rings is 1. The number of nitrogens with two attached hydrogens (primary N) is 2. The molecule has 6 N–H and O–H groups in total. The Balaban J connectivity index is 0. The third-order valence-electron chi connectivity index (χ3n) is 2.49. The Bertz CT molecular complexity index is 418. The fourth-order valence-corrected chi connectivity index (χ4v) is 1.44. The zero-order valence-corrected chi connectivity index (χ0v) is 12.3. The number of hydrogen-bond donors (Lipinski definition) is 4. The second kappa shape index (κ2) is 10.4. The van der Waals surface area contributed by atoms with Gasteiger partial charge in [0.05, 0.1) is 6.04 Å². The van der Waals surface area contributed by atoms with E-state index >= 15 is 0 Å². The Hall–Kier alpha value is -1.34. The molecular weight excluding hydrogens is 305 g/mol. The lowest BCUT2D eigenvalue weighted by atomic mass is 10.1. The highest BCUT2D eigenvalue weighted by molar-refractivity contribution is 5.87. The third-order valence-corrected chi connectivity index (χ3v) is 2.49. The minimum absolute atomic E-state index is 0. The number of aliphatic carboxylic acids is 1. The molecule has 1 amide bonds. The molecule has 0 aliphatic heterocycles. The largest absolute Gasteiger partial charge is 0.480 e. The van der Waals surface area contributed by atoms with E-state index < -0.39 is 24.0 Å². The summed E-state index contributed by atoms with van der Waals surface area (Å²) in [6.07, 6.45) is 0.208. The molecule has 1 aromatic rings. The molecule has 2 atom stereocenters. The van der Waals surface area contributed by atoms with Crippen LogP contribution in [0.2, 0.25) is 0 Å². The predicted octanol–water partition coefficient (Wildman–Crippen LogP) is -0.0719. The van der Waals surface area contributed by atoms with E-state index in [1.54, 1.807) is 12.1 Å². The topological polar surface area (TPSA) is 118 Å². The van der Waals surface area contributed by atoms with Crippen molar-refractivity contribution in [3.05, 3.63) is 35.9 Å². The highest BCUT2D eigenvalue weighted by Crippen LogP contribution is 2.03.